The van der Waals surface area contributed by atoms with Crippen molar-refractivity contribution in [3.63, 3.8) is 0 Å². The molecule has 1 aliphatic heterocycles. The van der Waals surface area contributed by atoms with Crippen molar-refractivity contribution >= 4 is 11.8 Å². The van der Waals surface area contributed by atoms with E-state index in [2.05, 4.69) is 30.4 Å². The van der Waals surface area contributed by atoms with Crippen molar-refractivity contribution in [3.05, 3.63) is 29.3 Å². The van der Waals surface area contributed by atoms with Crippen LogP contribution in [0.4, 0.5) is 10.5 Å². The molecule has 1 saturated carbocycles. The first-order valence-electron chi connectivity index (χ1n) is 9.67. The fourth-order valence-electron chi connectivity index (χ4n) is 4.10. The Morgan fingerprint density at radius 2 is 2.12 bits per heavy atom. The van der Waals surface area contributed by atoms with Crippen LogP contribution in [-0.4, -0.2) is 24.8 Å². The van der Waals surface area contributed by atoms with Crippen LogP contribution in [0.2, 0.25) is 0 Å². The number of amides is 1. The van der Waals surface area contributed by atoms with Crippen molar-refractivity contribution in [2.24, 2.45) is 11.8 Å². The zero-order valence-corrected chi connectivity index (χ0v) is 16.1. The van der Waals surface area contributed by atoms with Gasteiger partial charge in [-0.3, -0.25) is 4.90 Å². The average molecular weight is 344 g/mol. The average Bonchev–Trinajstić information content (AvgIpc) is 3.12. The first kappa shape index (κ1) is 18.2. The van der Waals surface area contributed by atoms with Gasteiger partial charge in [-0.2, -0.15) is 0 Å². The molecule has 25 heavy (non-hydrogen) atoms. The number of benzene rings is 1. The lowest BCUT2D eigenvalue weighted by atomic mass is 9.98. The van der Waals surface area contributed by atoms with E-state index in [0.717, 1.165) is 37.0 Å². The molecule has 2 atom stereocenters. The van der Waals surface area contributed by atoms with Gasteiger partial charge >= 0.3 is 6.09 Å². The van der Waals surface area contributed by atoms with Crippen molar-refractivity contribution < 1.29 is 9.53 Å². The molecule has 1 aromatic rings. The summed E-state index contributed by atoms with van der Waals surface area (Å²) in [6.07, 6.45) is 4.73. The number of anilines is 1. The quantitative estimate of drug-likeness (QED) is 0.874. The molecule has 4 heteroatoms. The van der Waals surface area contributed by atoms with Crippen molar-refractivity contribution in [2.45, 2.75) is 65.5 Å². The third-order valence-corrected chi connectivity index (χ3v) is 5.45. The van der Waals surface area contributed by atoms with Gasteiger partial charge in [0.2, 0.25) is 0 Å². The van der Waals surface area contributed by atoms with Gasteiger partial charge in [0, 0.05) is 13.1 Å². The van der Waals surface area contributed by atoms with Gasteiger partial charge in [-0.15, -0.1) is 0 Å². The smallest absolute Gasteiger partial charge is 0.414 e. The van der Waals surface area contributed by atoms with Crippen LogP contribution in [0.15, 0.2) is 18.2 Å². The highest BCUT2D eigenvalue weighted by atomic mass is 16.6. The summed E-state index contributed by atoms with van der Waals surface area (Å²) in [6, 6.07) is 6.36. The van der Waals surface area contributed by atoms with Crippen molar-refractivity contribution in [2.75, 3.05) is 18.0 Å². The van der Waals surface area contributed by atoms with Crippen molar-refractivity contribution in [1.82, 2.24) is 5.32 Å². The Morgan fingerprint density at radius 1 is 1.32 bits per heavy atom. The molecule has 1 amide bonds. The molecule has 1 N–H and O–H groups in total. The topological polar surface area (TPSA) is 41.6 Å². The Morgan fingerprint density at radius 3 is 2.80 bits per heavy atom. The van der Waals surface area contributed by atoms with Gasteiger partial charge in [-0.05, 0) is 63.1 Å². The van der Waals surface area contributed by atoms with E-state index >= 15 is 0 Å². The molecule has 0 spiro atoms. The molecule has 1 aromatic carbocycles. The Hall–Kier alpha value is -1.55. The summed E-state index contributed by atoms with van der Waals surface area (Å²) in [5, 5.41) is 3.63. The largest absolute Gasteiger partial charge is 0.443 e. The summed E-state index contributed by atoms with van der Waals surface area (Å²) in [5.41, 5.74) is 3.04. The summed E-state index contributed by atoms with van der Waals surface area (Å²) in [6.45, 7) is 10.7. The summed E-state index contributed by atoms with van der Waals surface area (Å²) in [7, 11) is 0. The number of ether oxygens (including phenoxy) is 1. The highest BCUT2D eigenvalue weighted by Gasteiger charge is 2.31. The lowest BCUT2D eigenvalue weighted by molar-refractivity contribution is 0.0583. The van der Waals surface area contributed by atoms with Gasteiger partial charge in [-0.1, -0.05) is 38.0 Å². The first-order chi connectivity index (χ1) is 11.8. The van der Waals surface area contributed by atoms with E-state index in [1.165, 1.54) is 30.4 Å². The maximum atomic E-state index is 12.6. The second-order valence-electron chi connectivity index (χ2n) is 8.61. The van der Waals surface area contributed by atoms with Crippen molar-refractivity contribution in [3.8, 4) is 0 Å². The third-order valence-electron chi connectivity index (χ3n) is 5.45. The minimum Gasteiger partial charge on any atom is -0.443 e. The van der Waals surface area contributed by atoms with Gasteiger partial charge in [0.25, 0.3) is 0 Å². The third kappa shape index (κ3) is 4.35. The molecular formula is C21H32N2O2. The van der Waals surface area contributed by atoms with Crippen LogP contribution in [0.1, 0.15) is 58.1 Å². The van der Waals surface area contributed by atoms with E-state index in [9.17, 15) is 4.79 Å². The van der Waals surface area contributed by atoms with E-state index in [1.54, 1.807) is 0 Å². The zero-order valence-electron chi connectivity index (χ0n) is 16.1. The number of nitrogens with zero attached hydrogens (tertiary/aromatic N) is 1. The Kier molecular flexibility index (Phi) is 5.38. The van der Waals surface area contributed by atoms with Crippen LogP contribution in [0, 0.1) is 11.8 Å². The predicted molar refractivity (Wildman–Crippen MR) is 102 cm³/mol. The monoisotopic (exact) mass is 344 g/mol. The molecule has 1 aliphatic carbocycles. The maximum absolute atomic E-state index is 12.6. The molecule has 1 fully saturated rings. The minimum absolute atomic E-state index is 0.233. The second kappa shape index (κ2) is 7.36. The maximum Gasteiger partial charge on any atom is 0.414 e. The van der Waals surface area contributed by atoms with Crippen LogP contribution in [-0.2, 0) is 17.7 Å². The molecule has 0 radical (unpaired) electrons. The number of hydrogen-bond donors (Lipinski definition) is 1. The lowest BCUT2D eigenvalue weighted by Crippen LogP contribution is -2.36. The number of fused-ring (bicyclic) bond motifs is 1. The van der Waals surface area contributed by atoms with Crippen LogP contribution >= 0.6 is 0 Å². The van der Waals surface area contributed by atoms with E-state index in [4.69, 9.17) is 4.74 Å². The fourth-order valence-corrected chi connectivity index (χ4v) is 4.10. The van der Waals surface area contributed by atoms with Crippen LogP contribution in [0.3, 0.4) is 0 Å². The number of para-hydroxylation sites is 1. The number of carbonyl (C=O) groups excluding carboxylic acids is 1. The van der Waals surface area contributed by atoms with Crippen LogP contribution in [0.5, 0.6) is 0 Å². The minimum atomic E-state index is -0.467. The van der Waals surface area contributed by atoms with Gasteiger partial charge in [0.05, 0.1) is 5.69 Å². The molecule has 0 saturated heterocycles. The highest BCUT2D eigenvalue weighted by Crippen LogP contribution is 2.34. The Bertz CT molecular complexity index is 621. The molecule has 2 unspecified atom stereocenters. The number of nitrogens with one attached hydrogen (secondary N) is 1. The van der Waals surface area contributed by atoms with Crippen LogP contribution in [0.25, 0.3) is 0 Å². The fraction of sp³-hybridized carbons (Fsp3) is 0.667. The molecule has 4 nitrogen and oxygen atoms in total. The number of rotatable bonds is 4. The molecule has 2 aliphatic rings. The summed E-state index contributed by atoms with van der Waals surface area (Å²) < 4.78 is 5.60. The zero-order chi connectivity index (χ0) is 18.0. The summed E-state index contributed by atoms with van der Waals surface area (Å²) in [4.78, 5) is 14.4. The van der Waals surface area contributed by atoms with Crippen LogP contribution < -0.4 is 10.2 Å². The SMILES string of the molecule is CC1CCCC1CNCc1cccc2c1N(C(=O)OC(C)(C)C)CC2. The van der Waals surface area contributed by atoms with Gasteiger partial charge in [0.1, 0.15) is 5.60 Å². The number of hydrogen-bond acceptors (Lipinski definition) is 3. The Balaban J connectivity index is 1.68. The predicted octanol–water partition coefficient (Wildman–Crippen LogP) is 4.51. The van der Waals surface area contributed by atoms with E-state index < -0.39 is 5.60 Å². The Labute approximate surface area is 151 Å². The summed E-state index contributed by atoms with van der Waals surface area (Å²) >= 11 is 0. The summed E-state index contributed by atoms with van der Waals surface area (Å²) in [5.74, 6) is 1.62. The van der Waals surface area contributed by atoms with E-state index in [-0.39, 0.29) is 6.09 Å². The van der Waals surface area contributed by atoms with E-state index in [1.807, 2.05) is 25.7 Å². The van der Waals surface area contributed by atoms with E-state index in [0.29, 0.717) is 6.54 Å². The second-order valence-corrected chi connectivity index (χ2v) is 8.61. The highest BCUT2D eigenvalue weighted by molar-refractivity contribution is 5.91. The first-order valence-corrected chi connectivity index (χ1v) is 9.67. The molecule has 3 rings (SSSR count). The van der Waals surface area contributed by atoms with Gasteiger partial charge < -0.3 is 10.1 Å². The molecule has 1 heterocycles. The molecule has 0 aromatic heterocycles. The van der Waals surface area contributed by atoms with Gasteiger partial charge in [-0.25, -0.2) is 4.79 Å². The lowest BCUT2D eigenvalue weighted by Gasteiger charge is -2.26. The molecule has 0 bridgehead atoms. The molecular weight excluding hydrogens is 312 g/mol. The number of carbonyl (C=O) groups is 1. The van der Waals surface area contributed by atoms with Crippen molar-refractivity contribution in [1.29, 1.82) is 0 Å². The normalized spacial score (nSPS) is 23.0. The van der Waals surface area contributed by atoms with Gasteiger partial charge in [0.15, 0.2) is 0 Å². The standard InChI is InChI=1S/C21H32N2O2/c1-15-7-5-9-17(15)13-22-14-18-10-6-8-16-11-12-23(19(16)18)20(24)25-21(2,3)4/h6,8,10,15,17,22H,5,7,9,11-14H2,1-4H3. The molecule has 138 valence electrons.